The number of carbonyl (C=O) groups is 1. The lowest BCUT2D eigenvalue weighted by Crippen LogP contribution is -2.29. The molecule has 1 atom stereocenters. The first-order valence-electron chi connectivity index (χ1n) is 8.27. The predicted octanol–water partition coefficient (Wildman–Crippen LogP) is 3.26. The van der Waals surface area contributed by atoms with Crippen LogP contribution in [0, 0.1) is 6.92 Å². The van der Waals surface area contributed by atoms with Crippen molar-refractivity contribution in [3.8, 4) is 5.75 Å². The summed E-state index contributed by atoms with van der Waals surface area (Å²) >= 11 is 0. The van der Waals surface area contributed by atoms with Gasteiger partial charge in [0.1, 0.15) is 5.75 Å². The van der Waals surface area contributed by atoms with Gasteiger partial charge in [0.05, 0.1) is 25.1 Å². The van der Waals surface area contributed by atoms with Gasteiger partial charge in [-0.15, -0.1) is 0 Å². The van der Waals surface area contributed by atoms with Gasteiger partial charge in [0.25, 0.3) is 5.91 Å². The summed E-state index contributed by atoms with van der Waals surface area (Å²) < 4.78 is 30.5. The molecule has 2 aromatic carbocycles. The topological polar surface area (TPSA) is 84.5 Å². The minimum atomic E-state index is -3.41. The maximum absolute atomic E-state index is 12.7. The van der Waals surface area contributed by atoms with Crippen LogP contribution in [0.15, 0.2) is 42.5 Å². The molecule has 0 bridgehead atoms. The van der Waals surface area contributed by atoms with Gasteiger partial charge in [0.15, 0.2) is 0 Å². The number of anilines is 1. The van der Waals surface area contributed by atoms with Gasteiger partial charge in [0, 0.05) is 5.56 Å². The van der Waals surface area contributed by atoms with Crippen LogP contribution in [0.2, 0.25) is 0 Å². The van der Waals surface area contributed by atoms with E-state index >= 15 is 0 Å². The quantitative estimate of drug-likeness (QED) is 0.777. The Balaban J connectivity index is 2.23. The van der Waals surface area contributed by atoms with Gasteiger partial charge < -0.3 is 10.1 Å². The van der Waals surface area contributed by atoms with Gasteiger partial charge in [0.2, 0.25) is 10.0 Å². The van der Waals surface area contributed by atoms with E-state index in [0.29, 0.717) is 16.8 Å². The fraction of sp³-hybridized carbons (Fsp3) is 0.316. The molecule has 0 spiro atoms. The lowest BCUT2D eigenvalue weighted by molar-refractivity contribution is 0.0935. The van der Waals surface area contributed by atoms with Crippen molar-refractivity contribution in [3.05, 3.63) is 59.2 Å². The number of methoxy groups -OCH3 is 1. The highest BCUT2D eigenvalue weighted by Crippen LogP contribution is 2.23. The van der Waals surface area contributed by atoms with Gasteiger partial charge in [-0.1, -0.05) is 25.1 Å². The van der Waals surface area contributed by atoms with Gasteiger partial charge in [-0.3, -0.25) is 9.52 Å². The van der Waals surface area contributed by atoms with Crippen LogP contribution in [0.1, 0.15) is 40.9 Å². The molecule has 7 heteroatoms. The Morgan fingerprint density at radius 1 is 1.15 bits per heavy atom. The third kappa shape index (κ3) is 4.98. The maximum atomic E-state index is 12.7. The number of hydrogen-bond donors (Lipinski definition) is 2. The van der Waals surface area contributed by atoms with E-state index in [2.05, 4.69) is 10.0 Å². The van der Waals surface area contributed by atoms with Crippen LogP contribution < -0.4 is 14.8 Å². The summed E-state index contributed by atoms with van der Waals surface area (Å²) in [5.74, 6) is 0.507. The molecule has 0 aliphatic heterocycles. The molecule has 0 aliphatic carbocycles. The molecule has 26 heavy (non-hydrogen) atoms. The normalized spacial score (nSPS) is 12.3. The summed E-state index contributed by atoms with van der Waals surface area (Å²) in [5, 5.41) is 3.01. The number of sulfonamides is 1. The highest BCUT2D eigenvalue weighted by Gasteiger charge is 2.18. The zero-order valence-corrected chi connectivity index (χ0v) is 16.2. The summed E-state index contributed by atoms with van der Waals surface area (Å²) in [5.41, 5.74) is 2.40. The van der Waals surface area contributed by atoms with Crippen molar-refractivity contribution in [3.63, 3.8) is 0 Å². The molecule has 0 heterocycles. The van der Waals surface area contributed by atoms with E-state index in [4.69, 9.17) is 4.74 Å². The van der Waals surface area contributed by atoms with Gasteiger partial charge in [-0.05, 0) is 48.7 Å². The van der Waals surface area contributed by atoms with Crippen LogP contribution in [-0.4, -0.2) is 27.7 Å². The molecule has 2 aromatic rings. The van der Waals surface area contributed by atoms with E-state index < -0.39 is 10.0 Å². The molecular weight excluding hydrogens is 352 g/mol. The van der Waals surface area contributed by atoms with Crippen LogP contribution in [0.25, 0.3) is 0 Å². The second-order valence-corrected chi connectivity index (χ2v) is 7.81. The highest BCUT2D eigenvalue weighted by atomic mass is 32.2. The van der Waals surface area contributed by atoms with Crippen molar-refractivity contribution in [2.24, 2.45) is 0 Å². The van der Waals surface area contributed by atoms with Crippen molar-refractivity contribution >= 4 is 21.6 Å². The van der Waals surface area contributed by atoms with E-state index in [-0.39, 0.29) is 11.9 Å². The van der Waals surface area contributed by atoms with Gasteiger partial charge in [-0.2, -0.15) is 0 Å². The van der Waals surface area contributed by atoms with E-state index in [9.17, 15) is 13.2 Å². The zero-order valence-electron chi connectivity index (χ0n) is 15.4. The Bertz CT molecular complexity index is 877. The number of rotatable bonds is 7. The molecule has 2 N–H and O–H groups in total. The summed E-state index contributed by atoms with van der Waals surface area (Å²) in [4.78, 5) is 12.7. The zero-order chi connectivity index (χ0) is 19.3. The summed E-state index contributed by atoms with van der Waals surface area (Å²) in [6.45, 7) is 3.71. The molecular formula is C19H24N2O4S. The highest BCUT2D eigenvalue weighted by molar-refractivity contribution is 7.92. The van der Waals surface area contributed by atoms with E-state index in [1.165, 1.54) is 0 Å². The molecule has 2 rings (SSSR count). The maximum Gasteiger partial charge on any atom is 0.252 e. The average Bonchev–Trinajstić information content (AvgIpc) is 2.60. The second kappa shape index (κ2) is 8.23. The van der Waals surface area contributed by atoms with E-state index in [1.807, 2.05) is 31.2 Å². The average molecular weight is 376 g/mol. The van der Waals surface area contributed by atoms with Crippen LogP contribution >= 0.6 is 0 Å². The monoisotopic (exact) mass is 376 g/mol. The Hall–Kier alpha value is -2.54. The third-order valence-electron chi connectivity index (χ3n) is 4.11. The van der Waals surface area contributed by atoms with Crippen molar-refractivity contribution in [2.75, 3.05) is 18.1 Å². The minimum Gasteiger partial charge on any atom is -0.497 e. The van der Waals surface area contributed by atoms with Crippen LogP contribution in [0.5, 0.6) is 5.75 Å². The number of nitrogens with one attached hydrogen (secondary N) is 2. The molecule has 140 valence electrons. The summed E-state index contributed by atoms with van der Waals surface area (Å²) in [6, 6.07) is 12.4. The second-order valence-electron chi connectivity index (χ2n) is 6.06. The lowest BCUT2D eigenvalue weighted by atomic mass is 10.0. The van der Waals surface area contributed by atoms with Crippen molar-refractivity contribution in [1.29, 1.82) is 0 Å². The van der Waals surface area contributed by atoms with Crippen LogP contribution in [0.3, 0.4) is 0 Å². The predicted molar refractivity (Wildman–Crippen MR) is 103 cm³/mol. The summed E-state index contributed by atoms with van der Waals surface area (Å²) in [7, 11) is -1.81. The summed E-state index contributed by atoms with van der Waals surface area (Å²) in [6.07, 6.45) is 1.80. The van der Waals surface area contributed by atoms with E-state index in [1.54, 1.807) is 32.2 Å². The standard InChI is InChI=1S/C19H24N2O4S/c1-5-17(14-9-11-15(25-3)12-10-14)20-19(22)16-7-6-8-18(13(16)2)21-26(4,23)24/h6-12,17,21H,5H2,1-4H3,(H,20,22). The Morgan fingerprint density at radius 3 is 2.35 bits per heavy atom. The fourth-order valence-electron chi connectivity index (χ4n) is 2.69. The molecule has 0 fully saturated rings. The Morgan fingerprint density at radius 2 is 1.81 bits per heavy atom. The smallest absolute Gasteiger partial charge is 0.252 e. The van der Waals surface area contributed by atoms with Gasteiger partial charge >= 0.3 is 0 Å². The van der Waals surface area contributed by atoms with E-state index in [0.717, 1.165) is 24.0 Å². The van der Waals surface area contributed by atoms with Gasteiger partial charge in [-0.25, -0.2) is 8.42 Å². The van der Waals surface area contributed by atoms with Crippen LogP contribution in [0.4, 0.5) is 5.69 Å². The van der Waals surface area contributed by atoms with Crippen molar-refractivity contribution in [2.45, 2.75) is 26.3 Å². The largest absolute Gasteiger partial charge is 0.497 e. The number of hydrogen-bond acceptors (Lipinski definition) is 4. The molecule has 1 amide bonds. The molecule has 1 unspecified atom stereocenters. The first kappa shape index (κ1) is 19.8. The number of carbonyl (C=O) groups excluding carboxylic acids is 1. The molecule has 0 saturated carbocycles. The Labute approximate surface area is 154 Å². The molecule has 6 nitrogen and oxygen atoms in total. The first-order chi connectivity index (χ1) is 12.2. The fourth-order valence-corrected chi connectivity index (χ4v) is 3.31. The minimum absolute atomic E-state index is 0.153. The number of ether oxygens (including phenoxy) is 1. The van der Waals surface area contributed by atoms with Crippen molar-refractivity contribution < 1.29 is 17.9 Å². The van der Waals surface area contributed by atoms with Crippen LogP contribution in [-0.2, 0) is 10.0 Å². The van der Waals surface area contributed by atoms with Crippen molar-refractivity contribution in [1.82, 2.24) is 5.32 Å². The SMILES string of the molecule is CCC(NC(=O)c1cccc(NS(C)(=O)=O)c1C)c1ccc(OC)cc1. The molecule has 0 aliphatic rings. The third-order valence-corrected chi connectivity index (χ3v) is 4.70. The lowest BCUT2D eigenvalue weighted by Gasteiger charge is -2.19. The molecule has 0 radical (unpaired) electrons. The first-order valence-corrected chi connectivity index (χ1v) is 10.2. The molecule has 0 saturated heterocycles. The number of amides is 1. The Kier molecular flexibility index (Phi) is 6.26. The number of benzene rings is 2. The molecule has 0 aromatic heterocycles.